The molecule has 0 atom stereocenters. The number of carbonyl (C=O) groups is 1. The molecule has 0 spiro atoms. The third-order valence-electron chi connectivity index (χ3n) is 1.51. The molecule has 4 nitrogen and oxygen atoms in total. The molecule has 1 rings (SSSR count). The maximum absolute atomic E-state index is 10.7. The molecule has 0 heterocycles. The number of carbonyl (C=O) groups excluding carboxylic acids is 1. The number of ether oxygens (including phenoxy) is 1. The molecule has 1 aromatic carbocycles. The molecule has 12 heavy (non-hydrogen) atoms. The minimum Gasteiger partial charge on any atom is -0.495 e. The lowest BCUT2D eigenvalue weighted by Gasteiger charge is -2.04. The molecule has 4 N–H and O–H groups in total. The van der Waals surface area contributed by atoms with Crippen LogP contribution in [0.25, 0.3) is 0 Å². The second-order valence-corrected chi connectivity index (χ2v) is 2.32. The third kappa shape index (κ3) is 1.47. The van der Waals surface area contributed by atoms with Gasteiger partial charge in [-0.15, -0.1) is 0 Å². The van der Waals surface area contributed by atoms with Crippen LogP contribution in [0.1, 0.15) is 10.4 Å². The predicted octanol–water partition coefficient (Wildman–Crippen LogP) is 0.376. The molecule has 0 bridgehead atoms. The minimum absolute atomic E-state index is 0.383. The number of hydrogen-bond acceptors (Lipinski definition) is 3. The monoisotopic (exact) mass is 166 g/mol. The highest BCUT2D eigenvalue weighted by Crippen LogP contribution is 2.21. The van der Waals surface area contributed by atoms with E-state index in [2.05, 4.69) is 0 Å². The average Bonchev–Trinajstić information content (AvgIpc) is 2.04. The molecule has 1 aromatic rings. The molecule has 0 unspecified atom stereocenters. The van der Waals surface area contributed by atoms with Gasteiger partial charge in [-0.2, -0.15) is 0 Å². The highest BCUT2D eigenvalue weighted by Gasteiger charge is 2.03. The Morgan fingerprint density at radius 1 is 1.50 bits per heavy atom. The fraction of sp³-hybridized carbons (Fsp3) is 0.125. The molecule has 0 aliphatic rings. The van der Waals surface area contributed by atoms with Crippen molar-refractivity contribution in [1.82, 2.24) is 0 Å². The van der Waals surface area contributed by atoms with Gasteiger partial charge in [-0.3, -0.25) is 4.79 Å². The van der Waals surface area contributed by atoms with Gasteiger partial charge in [0.2, 0.25) is 5.91 Å². The van der Waals surface area contributed by atoms with Gasteiger partial charge in [0.25, 0.3) is 0 Å². The van der Waals surface area contributed by atoms with Crippen LogP contribution in [0.4, 0.5) is 5.69 Å². The van der Waals surface area contributed by atoms with E-state index >= 15 is 0 Å². The van der Waals surface area contributed by atoms with Crippen molar-refractivity contribution in [3.05, 3.63) is 23.8 Å². The third-order valence-corrected chi connectivity index (χ3v) is 1.51. The molecular formula is C8H10N2O2. The van der Waals surface area contributed by atoms with Gasteiger partial charge in [0.05, 0.1) is 12.8 Å². The number of amides is 1. The van der Waals surface area contributed by atoms with Gasteiger partial charge < -0.3 is 16.2 Å². The Labute approximate surface area is 70.1 Å². The molecule has 64 valence electrons. The zero-order chi connectivity index (χ0) is 9.14. The zero-order valence-corrected chi connectivity index (χ0v) is 6.70. The van der Waals surface area contributed by atoms with E-state index in [1.807, 2.05) is 0 Å². The lowest BCUT2D eigenvalue weighted by Crippen LogP contribution is -2.11. The number of primary amides is 1. The van der Waals surface area contributed by atoms with Crippen molar-refractivity contribution in [1.29, 1.82) is 0 Å². The zero-order valence-electron chi connectivity index (χ0n) is 6.70. The second-order valence-electron chi connectivity index (χ2n) is 2.32. The van der Waals surface area contributed by atoms with E-state index in [1.54, 1.807) is 12.1 Å². The van der Waals surface area contributed by atoms with E-state index in [1.165, 1.54) is 13.2 Å². The molecule has 0 fully saturated rings. The first-order valence-electron chi connectivity index (χ1n) is 3.38. The predicted molar refractivity (Wildman–Crippen MR) is 45.9 cm³/mol. The highest BCUT2D eigenvalue weighted by atomic mass is 16.5. The number of nitrogen functional groups attached to an aromatic ring is 1. The fourth-order valence-electron chi connectivity index (χ4n) is 0.888. The topological polar surface area (TPSA) is 78.3 Å². The summed E-state index contributed by atoms with van der Waals surface area (Å²) in [5.74, 6) is 0.0457. The van der Waals surface area contributed by atoms with E-state index in [4.69, 9.17) is 16.2 Å². The van der Waals surface area contributed by atoms with Gasteiger partial charge in [0.1, 0.15) is 5.75 Å². The van der Waals surface area contributed by atoms with Crippen molar-refractivity contribution >= 4 is 11.6 Å². The summed E-state index contributed by atoms with van der Waals surface area (Å²) in [5, 5.41) is 0. The molecule has 0 aliphatic heterocycles. The van der Waals surface area contributed by atoms with Crippen molar-refractivity contribution in [3.8, 4) is 5.75 Å². The summed E-state index contributed by atoms with van der Waals surface area (Å²) in [6, 6.07) is 4.66. The molecule has 1 amide bonds. The summed E-state index contributed by atoms with van der Waals surface area (Å²) in [4.78, 5) is 10.7. The number of nitrogens with two attached hydrogens (primary N) is 2. The van der Waals surface area contributed by atoms with Gasteiger partial charge >= 0.3 is 0 Å². The molecule has 0 aliphatic carbocycles. The van der Waals surface area contributed by atoms with Gasteiger partial charge in [-0.25, -0.2) is 0 Å². The van der Waals surface area contributed by atoms with Crippen LogP contribution < -0.4 is 16.2 Å². The van der Waals surface area contributed by atoms with Gasteiger partial charge in [0, 0.05) is 5.56 Å². The van der Waals surface area contributed by atoms with E-state index in [0.29, 0.717) is 17.0 Å². The van der Waals surface area contributed by atoms with Crippen LogP contribution >= 0.6 is 0 Å². The molecule has 4 heteroatoms. The largest absolute Gasteiger partial charge is 0.495 e. The summed E-state index contributed by atoms with van der Waals surface area (Å²) < 4.78 is 4.90. The Balaban J connectivity index is 3.10. The Kier molecular flexibility index (Phi) is 2.19. The first-order valence-corrected chi connectivity index (χ1v) is 3.38. The number of rotatable bonds is 2. The Hall–Kier alpha value is -1.71. The first-order chi connectivity index (χ1) is 5.65. The SMILES string of the molecule is COc1ccc(C(N)=O)cc1N. The molecule has 0 saturated heterocycles. The molecule has 0 aromatic heterocycles. The summed E-state index contributed by atoms with van der Waals surface area (Å²) >= 11 is 0. The molecular weight excluding hydrogens is 156 g/mol. The second kappa shape index (κ2) is 3.13. The van der Waals surface area contributed by atoms with Crippen molar-refractivity contribution < 1.29 is 9.53 Å². The summed E-state index contributed by atoms with van der Waals surface area (Å²) in [5.41, 5.74) is 11.4. The van der Waals surface area contributed by atoms with Crippen LogP contribution in [-0.4, -0.2) is 13.0 Å². The van der Waals surface area contributed by atoms with Crippen LogP contribution in [0.2, 0.25) is 0 Å². The number of hydrogen-bond donors (Lipinski definition) is 2. The quantitative estimate of drug-likeness (QED) is 0.623. The fourth-order valence-corrected chi connectivity index (χ4v) is 0.888. The Bertz CT molecular complexity index is 310. The smallest absolute Gasteiger partial charge is 0.248 e. The van der Waals surface area contributed by atoms with Crippen LogP contribution in [0.15, 0.2) is 18.2 Å². The van der Waals surface area contributed by atoms with E-state index in [-0.39, 0.29) is 0 Å². The Morgan fingerprint density at radius 3 is 2.58 bits per heavy atom. The van der Waals surface area contributed by atoms with E-state index < -0.39 is 5.91 Å². The molecule has 0 saturated carbocycles. The number of methoxy groups -OCH3 is 1. The normalized spacial score (nSPS) is 9.42. The van der Waals surface area contributed by atoms with Gasteiger partial charge in [-0.1, -0.05) is 0 Å². The van der Waals surface area contributed by atoms with Crippen LogP contribution in [-0.2, 0) is 0 Å². The Morgan fingerprint density at radius 2 is 2.17 bits per heavy atom. The van der Waals surface area contributed by atoms with Crippen molar-refractivity contribution in [3.63, 3.8) is 0 Å². The maximum atomic E-state index is 10.7. The average molecular weight is 166 g/mol. The molecule has 0 radical (unpaired) electrons. The first kappa shape index (κ1) is 8.39. The summed E-state index contributed by atoms with van der Waals surface area (Å²) in [6.45, 7) is 0. The van der Waals surface area contributed by atoms with Crippen molar-refractivity contribution in [2.75, 3.05) is 12.8 Å². The summed E-state index contributed by atoms with van der Waals surface area (Å²) in [6.07, 6.45) is 0. The van der Waals surface area contributed by atoms with Crippen molar-refractivity contribution in [2.45, 2.75) is 0 Å². The standard InChI is InChI=1S/C8H10N2O2/c1-12-7-3-2-5(8(10)11)4-6(7)9/h2-4H,9H2,1H3,(H2,10,11). The van der Waals surface area contributed by atoms with Crippen LogP contribution in [0.5, 0.6) is 5.75 Å². The van der Waals surface area contributed by atoms with Crippen LogP contribution in [0.3, 0.4) is 0 Å². The highest BCUT2D eigenvalue weighted by molar-refractivity contribution is 5.94. The maximum Gasteiger partial charge on any atom is 0.248 e. The number of benzene rings is 1. The van der Waals surface area contributed by atoms with E-state index in [0.717, 1.165) is 0 Å². The number of anilines is 1. The lowest BCUT2D eigenvalue weighted by atomic mass is 10.2. The van der Waals surface area contributed by atoms with Gasteiger partial charge in [0.15, 0.2) is 0 Å². The van der Waals surface area contributed by atoms with E-state index in [9.17, 15) is 4.79 Å². The van der Waals surface area contributed by atoms with Crippen molar-refractivity contribution in [2.24, 2.45) is 5.73 Å². The van der Waals surface area contributed by atoms with Gasteiger partial charge in [-0.05, 0) is 18.2 Å². The lowest BCUT2D eigenvalue weighted by molar-refractivity contribution is 0.100. The minimum atomic E-state index is -0.496. The van der Waals surface area contributed by atoms with Crippen LogP contribution in [0, 0.1) is 0 Å². The summed E-state index contributed by atoms with van der Waals surface area (Å²) in [7, 11) is 1.51.